The lowest BCUT2D eigenvalue weighted by Gasteiger charge is -2.07. The molecule has 0 amide bonds. The van der Waals surface area contributed by atoms with E-state index in [2.05, 4.69) is 10.5 Å². The molecule has 0 spiro atoms. The Morgan fingerprint density at radius 3 is 2.57 bits per heavy atom. The van der Waals surface area contributed by atoms with Gasteiger partial charge >= 0.3 is 5.69 Å². The second-order valence-corrected chi connectivity index (χ2v) is 4.60. The van der Waals surface area contributed by atoms with Gasteiger partial charge in [-0.05, 0) is 37.6 Å². The molecule has 0 bridgehead atoms. The first-order valence-electron chi connectivity index (χ1n) is 6.32. The maximum Gasteiger partial charge on any atom is 0.314 e. The topological polar surface area (TPSA) is 87.8 Å². The van der Waals surface area contributed by atoms with Crippen molar-refractivity contribution in [2.45, 2.75) is 13.8 Å². The van der Waals surface area contributed by atoms with Crippen LogP contribution in [0.25, 0.3) is 0 Å². The van der Waals surface area contributed by atoms with Crippen LogP contribution in [-0.2, 0) is 0 Å². The van der Waals surface area contributed by atoms with Gasteiger partial charge in [0.1, 0.15) is 0 Å². The van der Waals surface area contributed by atoms with Gasteiger partial charge in [0.25, 0.3) is 0 Å². The lowest BCUT2D eigenvalue weighted by molar-refractivity contribution is -0.386. The summed E-state index contributed by atoms with van der Waals surface area (Å²) in [6.45, 7) is 3.36. The van der Waals surface area contributed by atoms with E-state index in [-0.39, 0.29) is 11.4 Å². The summed E-state index contributed by atoms with van der Waals surface area (Å²) < 4.78 is 0. The van der Waals surface area contributed by atoms with E-state index in [9.17, 15) is 15.2 Å². The van der Waals surface area contributed by atoms with E-state index in [4.69, 9.17) is 0 Å². The third kappa shape index (κ3) is 3.17. The van der Waals surface area contributed by atoms with Gasteiger partial charge in [-0.15, -0.1) is 0 Å². The van der Waals surface area contributed by atoms with Crippen LogP contribution in [0.3, 0.4) is 0 Å². The van der Waals surface area contributed by atoms with Crippen LogP contribution < -0.4 is 5.43 Å². The van der Waals surface area contributed by atoms with Crippen molar-refractivity contribution in [1.82, 2.24) is 0 Å². The molecule has 0 aliphatic carbocycles. The maximum absolute atomic E-state index is 11.0. The van der Waals surface area contributed by atoms with Crippen LogP contribution in [-0.4, -0.2) is 16.2 Å². The molecule has 2 aromatic carbocycles. The summed E-state index contributed by atoms with van der Waals surface area (Å²) in [5, 5.41) is 25.0. The molecule has 0 atom stereocenters. The highest BCUT2D eigenvalue weighted by atomic mass is 16.6. The Morgan fingerprint density at radius 2 is 1.95 bits per heavy atom. The van der Waals surface area contributed by atoms with Crippen molar-refractivity contribution < 1.29 is 10.0 Å². The van der Waals surface area contributed by atoms with Crippen molar-refractivity contribution in [3.05, 3.63) is 63.2 Å². The summed E-state index contributed by atoms with van der Waals surface area (Å²) in [5.41, 5.74) is 4.77. The first-order valence-corrected chi connectivity index (χ1v) is 6.32. The third-order valence-electron chi connectivity index (χ3n) is 3.17. The number of phenolic OH excluding ortho intramolecular Hbond substituents is 1. The average Bonchev–Trinajstić information content (AvgIpc) is 2.45. The Bertz CT molecular complexity index is 697. The van der Waals surface area contributed by atoms with E-state index >= 15 is 0 Å². The summed E-state index contributed by atoms with van der Waals surface area (Å²) in [6, 6.07) is 10.9. The van der Waals surface area contributed by atoms with Crippen LogP contribution in [0.5, 0.6) is 5.75 Å². The molecule has 2 rings (SSSR count). The van der Waals surface area contributed by atoms with Crippen molar-refractivity contribution in [1.29, 1.82) is 0 Å². The van der Waals surface area contributed by atoms with Crippen molar-refractivity contribution in [2.24, 2.45) is 5.10 Å². The van der Waals surface area contributed by atoms with E-state index in [0.29, 0.717) is 11.1 Å². The lowest BCUT2D eigenvalue weighted by atomic mass is 10.0. The van der Waals surface area contributed by atoms with Crippen LogP contribution >= 0.6 is 0 Å². The standard InChI is InChI=1S/C15H15N3O3/c1-10-8-12(15(19)14(11(10)2)18(20)21)9-16-17-13-6-4-3-5-7-13/h3-9,17,19H,1-2H3. The van der Waals surface area contributed by atoms with Crippen LogP contribution in [0.4, 0.5) is 11.4 Å². The summed E-state index contributed by atoms with van der Waals surface area (Å²) in [5.74, 6) is -0.373. The summed E-state index contributed by atoms with van der Waals surface area (Å²) in [7, 11) is 0. The Kier molecular flexibility index (Phi) is 4.18. The number of nitrogens with zero attached hydrogens (tertiary/aromatic N) is 2. The number of anilines is 1. The zero-order valence-electron chi connectivity index (χ0n) is 11.7. The molecule has 0 aromatic heterocycles. The monoisotopic (exact) mass is 285 g/mol. The quantitative estimate of drug-likeness (QED) is 0.512. The fraction of sp³-hybridized carbons (Fsp3) is 0.133. The van der Waals surface area contributed by atoms with Crippen molar-refractivity contribution >= 4 is 17.6 Å². The first kappa shape index (κ1) is 14.5. The Morgan fingerprint density at radius 1 is 1.29 bits per heavy atom. The van der Waals surface area contributed by atoms with E-state index < -0.39 is 4.92 Å². The van der Waals surface area contributed by atoms with Gasteiger partial charge in [-0.25, -0.2) is 0 Å². The van der Waals surface area contributed by atoms with Crippen LogP contribution in [0.1, 0.15) is 16.7 Å². The van der Waals surface area contributed by atoms with E-state index in [1.54, 1.807) is 19.9 Å². The number of aryl methyl sites for hydroxylation is 1. The molecule has 6 nitrogen and oxygen atoms in total. The van der Waals surface area contributed by atoms with Gasteiger partial charge in [-0.2, -0.15) is 5.10 Å². The Labute approximate surface area is 121 Å². The summed E-state index contributed by atoms with van der Waals surface area (Å²) >= 11 is 0. The number of hydrogen-bond donors (Lipinski definition) is 2. The molecule has 0 saturated heterocycles. The van der Waals surface area contributed by atoms with Crippen molar-refractivity contribution in [2.75, 3.05) is 5.43 Å². The highest BCUT2D eigenvalue weighted by Gasteiger charge is 2.21. The summed E-state index contributed by atoms with van der Waals surface area (Å²) in [6.07, 6.45) is 1.36. The number of nitro benzene ring substituents is 1. The maximum atomic E-state index is 11.0. The predicted molar refractivity (Wildman–Crippen MR) is 81.9 cm³/mol. The van der Waals surface area contributed by atoms with Gasteiger partial charge in [0.15, 0.2) is 0 Å². The molecule has 0 radical (unpaired) electrons. The zero-order chi connectivity index (χ0) is 15.4. The molecule has 0 aliphatic rings. The molecule has 0 unspecified atom stereocenters. The molecular formula is C15H15N3O3. The molecule has 0 fully saturated rings. The second kappa shape index (κ2) is 6.04. The normalized spacial score (nSPS) is 10.8. The minimum absolute atomic E-state index is 0.281. The summed E-state index contributed by atoms with van der Waals surface area (Å²) in [4.78, 5) is 10.4. The minimum Gasteiger partial charge on any atom is -0.502 e. The number of nitro groups is 1. The van der Waals surface area contributed by atoms with Gasteiger partial charge in [-0.3, -0.25) is 15.5 Å². The highest BCUT2D eigenvalue weighted by molar-refractivity contribution is 5.87. The smallest absolute Gasteiger partial charge is 0.314 e. The lowest BCUT2D eigenvalue weighted by Crippen LogP contribution is -1.99. The van der Waals surface area contributed by atoms with Crippen molar-refractivity contribution in [3.63, 3.8) is 0 Å². The van der Waals surface area contributed by atoms with E-state index in [1.165, 1.54) is 6.21 Å². The predicted octanol–water partition coefficient (Wildman–Crippen LogP) is 3.36. The van der Waals surface area contributed by atoms with Gasteiger partial charge < -0.3 is 5.11 Å². The molecule has 0 heterocycles. The molecular weight excluding hydrogens is 270 g/mol. The SMILES string of the molecule is Cc1cc(C=NNc2ccccc2)c(O)c([N+](=O)[O-])c1C. The number of hydrogen-bond acceptors (Lipinski definition) is 5. The van der Waals surface area contributed by atoms with Crippen molar-refractivity contribution in [3.8, 4) is 5.75 Å². The van der Waals surface area contributed by atoms with Crippen LogP contribution in [0.15, 0.2) is 41.5 Å². The minimum atomic E-state index is -0.584. The van der Waals surface area contributed by atoms with Gasteiger partial charge in [0.05, 0.1) is 16.8 Å². The molecule has 21 heavy (non-hydrogen) atoms. The Hall–Kier alpha value is -2.89. The number of hydrazone groups is 1. The van der Waals surface area contributed by atoms with E-state index in [1.807, 2.05) is 30.3 Å². The van der Waals surface area contributed by atoms with Crippen LogP contribution in [0, 0.1) is 24.0 Å². The third-order valence-corrected chi connectivity index (χ3v) is 3.17. The largest absolute Gasteiger partial charge is 0.502 e. The van der Waals surface area contributed by atoms with Gasteiger partial charge in [-0.1, -0.05) is 18.2 Å². The number of para-hydroxylation sites is 1. The highest BCUT2D eigenvalue weighted by Crippen LogP contribution is 2.34. The Balaban J connectivity index is 2.30. The number of phenols is 1. The molecule has 108 valence electrons. The number of benzene rings is 2. The molecule has 0 aliphatic heterocycles. The van der Waals surface area contributed by atoms with E-state index in [0.717, 1.165) is 11.3 Å². The number of aromatic hydroxyl groups is 1. The molecule has 2 N–H and O–H groups in total. The number of rotatable bonds is 4. The van der Waals surface area contributed by atoms with Crippen LogP contribution in [0.2, 0.25) is 0 Å². The first-order chi connectivity index (χ1) is 10.0. The average molecular weight is 285 g/mol. The van der Waals surface area contributed by atoms with Gasteiger partial charge in [0, 0.05) is 11.1 Å². The zero-order valence-corrected chi connectivity index (χ0v) is 11.7. The van der Waals surface area contributed by atoms with Gasteiger partial charge in [0.2, 0.25) is 5.75 Å². The molecule has 0 saturated carbocycles. The molecule has 2 aromatic rings. The molecule has 6 heteroatoms. The fourth-order valence-corrected chi connectivity index (χ4v) is 1.92. The number of nitrogens with one attached hydrogen (secondary N) is 1. The fourth-order valence-electron chi connectivity index (χ4n) is 1.92. The second-order valence-electron chi connectivity index (χ2n) is 4.60.